The smallest absolute Gasteiger partial charge is 0.140 e. The molecule has 0 saturated heterocycles. The third-order valence-corrected chi connectivity index (χ3v) is 6.09. The molecule has 0 aromatic carbocycles. The molecular weight excluding hydrogens is 423 g/mol. The van der Waals surface area contributed by atoms with Gasteiger partial charge in [-0.2, -0.15) is 5.10 Å². The molecule has 0 amide bonds. The zero-order chi connectivity index (χ0) is 13.9. The quantitative estimate of drug-likeness (QED) is 0.361. The van der Waals surface area contributed by atoms with Crippen LogP contribution in [0.5, 0.6) is 0 Å². The van der Waals surface area contributed by atoms with E-state index in [1.807, 2.05) is 4.68 Å². The van der Waals surface area contributed by atoms with Gasteiger partial charge in [0.2, 0.25) is 0 Å². The molecule has 104 valence electrons. The minimum absolute atomic E-state index is 0.474. The van der Waals surface area contributed by atoms with E-state index in [0.29, 0.717) is 12.6 Å². The van der Waals surface area contributed by atoms with E-state index in [1.54, 1.807) is 0 Å². The Labute approximate surface area is 133 Å². The Balaban J connectivity index is 2.56. The second-order valence-electron chi connectivity index (χ2n) is 6.00. The normalized spacial score (nSPS) is 12.4. The average Bonchev–Trinajstić information content (AvgIpc) is 2.47. The maximum absolute atomic E-state index is 5.73. The van der Waals surface area contributed by atoms with E-state index in [-0.39, 0.29) is 0 Å². The molecule has 0 spiro atoms. The number of rotatable bonds is 6. The third-order valence-electron chi connectivity index (χ3n) is 2.67. The van der Waals surface area contributed by atoms with Gasteiger partial charge in [-0.3, -0.25) is 0 Å². The molecule has 0 N–H and O–H groups in total. The van der Waals surface area contributed by atoms with Crippen LogP contribution >= 0.6 is 38.5 Å². The molecule has 18 heavy (non-hydrogen) atoms. The van der Waals surface area contributed by atoms with Crippen LogP contribution in [0.3, 0.4) is 0 Å². The summed E-state index contributed by atoms with van der Waals surface area (Å²) in [6.07, 6.45) is 0. The van der Waals surface area contributed by atoms with E-state index < -0.39 is 8.07 Å². The standard InChI is InChI=1S/C12H22BrIN2OSi/c1-9(2)10-11(13)15-16(12(10)14)8-17-6-7-18(3,4)5/h9H,6-8H2,1-5H3. The molecular formula is C12H22BrIN2OSi. The van der Waals surface area contributed by atoms with Gasteiger partial charge in [-0.15, -0.1) is 0 Å². The first-order valence-electron chi connectivity index (χ1n) is 6.22. The summed E-state index contributed by atoms with van der Waals surface area (Å²) in [6, 6.07) is 1.20. The monoisotopic (exact) mass is 444 g/mol. The Morgan fingerprint density at radius 3 is 2.44 bits per heavy atom. The van der Waals surface area contributed by atoms with Crippen LogP contribution in [-0.4, -0.2) is 24.5 Å². The van der Waals surface area contributed by atoms with Crippen LogP contribution in [0.15, 0.2) is 4.60 Å². The van der Waals surface area contributed by atoms with Crippen LogP contribution in [0.25, 0.3) is 0 Å². The lowest BCUT2D eigenvalue weighted by Gasteiger charge is -2.15. The van der Waals surface area contributed by atoms with Gasteiger partial charge < -0.3 is 4.74 Å². The summed E-state index contributed by atoms with van der Waals surface area (Å²) in [5.74, 6) is 0.474. The first kappa shape index (κ1) is 16.7. The second kappa shape index (κ2) is 6.85. The van der Waals surface area contributed by atoms with Gasteiger partial charge in [0.1, 0.15) is 15.0 Å². The largest absolute Gasteiger partial charge is 0.359 e. The third kappa shape index (κ3) is 4.94. The summed E-state index contributed by atoms with van der Waals surface area (Å²) < 4.78 is 9.78. The van der Waals surface area contributed by atoms with Crippen LogP contribution < -0.4 is 0 Å². The molecule has 0 bridgehead atoms. The number of halogens is 2. The first-order chi connectivity index (χ1) is 8.22. The molecule has 1 rings (SSSR count). The Morgan fingerprint density at radius 1 is 1.39 bits per heavy atom. The highest BCUT2D eigenvalue weighted by Crippen LogP contribution is 2.28. The Morgan fingerprint density at radius 2 is 2.00 bits per heavy atom. The molecule has 1 heterocycles. The van der Waals surface area contributed by atoms with Gasteiger partial charge in [-0.1, -0.05) is 33.5 Å². The second-order valence-corrected chi connectivity index (χ2v) is 13.4. The molecule has 1 aromatic rings. The van der Waals surface area contributed by atoms with Gasteiger partial charge >= 0.3 is 0 Å². The molecule has 0 aliphatic heterocycles. The van der Waals surface area contributed by atoms with Crippen molar-refractivity contribution in [1.29, 1.82) is 0 Å². The van der Waals surface area contributed by atoms with Gasteiger partial charge in [0.15, 0.2) is 0 Å². The zero-order valence-electron chi connectivity index (χ0n) is 11.8. The molecule has 0 atom stereocenters. The van der Waals surface area contributed by atoms with Crippen molar-refractivity contribution in [2.45, 2.75) is 52.2 Å². The van der Waals surface area contributed by atoms with Gasteiger partial charge in [-0.05, 0) is 50.5 Å². The molecule has 6 heteroatoms. The maximum atomic E-state index is 5.73. The van der Waals surface area contributed by atoms with E-state index in [1.165, 1.54) is 15.3 Å². The molecule has 3 nitrogen and oxygen atoms in total. The van der Waals surface area contributed by atoms with Gasteiger partial charge in [-0.25, -0.2) is 4.68 Å². The highest BCUT2D eigenvalue weighted by atomic mass is 127. The van der Waals surface area contributed by atoms with E-state index in [0.717, 1.165) is 11.2 Å². The lowest BCUT2D eigenvalue weighted by molar-refractivity contribution is 0.0764. The van der Waals surface area contributed by atoms with Crippen molar-refractivity contribution in [3.8, 4) is 0 Å². The van der Waals surface area contributed by atoms with Crippen molar-refractivity contribution in [1.82, 2.24) is 9.78 Å². The number of nitrogens with zero attached hydrogens (tertiary/aromatic N) is 2. The molecule has 0 saturated carbocycles. The molecule has 0 fully saturated rings. The fourth-order valence-electron chi connectivity index (χ4n) is 1.52. The summed E-state index contributed by atoms with van der Waals surface area (Å²) in [5.41, 5.74) is 1.27. The van der Waals surface area contributed by atoms with Crippen molar-refractivity contribution in [3.05, 3.63) is 13.9 Å². The van der Waals surface area contributed by atoms with Crippen molar-refractivity contribution >= 4 is 46.6 Å². The van der Waals surface area contributed by atoms with Crippen molar-refractivity contribution in [2.24, 2.45) is 0 Å². The SMILES string of the molecule is CC(C)c1c(Br)nn(COCC[Si](C)(C)C)c1I. The van der Waals surface area contributed by atoms with Crippen LogP contribution in [0.4, 0.5) is 0 Å². The topological polar surface area (TPSA) is 27.1 Å². The minimum atomic E-state index is -0.998. The summed E-state index contributed by atoms with van der Waals surface area (Å²) >= 11 is 5.87. The lowest BCUT2D eigenvalue weighted by Crippen LogP contribution is -2.22. The van der Waals surface area contributed by atoms with Gasteiger partial charge in [0.05, 0.1) is 0 Å². The molecule has 0 aliphatic carbocycles. The zero-order valence-corrected chi connectivity index (χ0v) is 16.5. The first-order valence-corrected chi connectivity index (χ1v) is 11.8. The van der Waals surface area contributed by atoms with Gasteiger partial charge in [0, 0.05) is 20.2 Å². The summed E-state index contributed by atoms with van der Waals surface area (Å²) in [6.45, 7) is 12.8. The number of hydrogen-bond donors (Lipinski definition) is 0. The van der Waals surface area contributed by atoms with E-state index in [9.17, 15) is 0 Å². The number of hydrogen-bond acceptors (Lipinski definition) is 2. The lowest BCUT2D eigenvalue weighted by atomic mass is 10.1. The van der Waals surface area contributed by atoms with E-state index >= 15 is 0 Å². The van der Waals surface area contributed by atoms with Crippen molar-refractivity contribution in [2.75, 3.05) is 6.61 Å². The van der Waals surface area contributed by atoms with Gasteiger partial charge in [0.25, 0.3) is 0 Å². The average molecular weight is 445 g/mol. The van der Waals surface area contributed by atoms with E-state index in [2.05, 4.69) is 77.1 Å². The van der Waals surface area contributed by atoms with Crippen LogP contribution in [0.1, 0.15) is 25.3 Å². The highest BCUT2D eigenvalue weighted by molar-refractivity contribution is 14.1. The number of ether oxygens (including phenoxy) is 1. The Hall–Kier alpha value is 0.597. The summed E-state index contributed by atoms with van der Waals surface area (Å²) in [5, 5.41) is 4.48. The fraction of sp³-hybridized carbons (Fsp3) is 0.750. The van der Waals surface area contributed by atoms with Crippen molar-refractivity contribution < 1.29 is 4.74 Å². The van der Waals surface area contributed by atoms with Crippen molar-refractivity contribution in [3.63, 3.8) is 0 Å². The predicted octanol–water partition coefficient (Wildman–Crippen LogP) is 4.69. The fourth-order valence-corrected chi connectivity index (χ4v) is 4.61. The van der Waals surface area contributed by atoms with E-state index in [4.69, 9.17) is 4.74 Å². The number of aromatic nitrogens is 2. The molecule has 0 aliphatic rings. The Kier molecular flexibility index (Phi) is 6.34. The van der Waals surface area contributed by atoms with Crippen LogP contribution in [0, 0.1) is 3.70 Å². The summed E-state index contributed by atoms with van der Waals surface area (Å²) in [7, 11) is -0.998. The maximum Gasteiger partial charge on any atom is 0.140 e. The highest BCUT2D eigenvalue weighted by Gasteiger charge is 2.17. The molecule has 0 unspecified atom stereocenters. The minimum Gasteiger partial charge on any atom is -0.359 e. The molecule has 1 aromatic heterocycles. The van der Waals surface area contributed by atoms with Crippen LogP contribution in [-0.2, 0) is 11.5 Å². The Bertz CT molecular complexity index is 402. The predicted molar refractivity (Wildman–Crippen MR) is 90.8 cm³/mol. The van der Waals surface area contributed by atoms with Crippen LogP contribution in [0.2, 0.25) is 25.7 Å². The molecule has 0 radical (unpaired) electrons. The summed E-state index contributed by atoms with van der Waals surface area (Å²) in [4.78, 5) is 0.